The van der Waals surface area contributed by atoms with Crippen molar-refractivity contribution in [2.75, 3.05) is 12.5 Å². The van der Waals surface area contributed by atoms with Gasteiger partial charge in [0.2, 0.25) is 0 Å². The summed E-state index contributed by atoms with van der Waals surface area (Å²) < 4.78 is 5.69. The predicted molar refractivity (Wildman–Crippen MR) is 66.9 cm³/mol. The number of hydrogen-bond acceptors (Lipinski definition) is 6. The second-order valence-electron chi connectivity index (χ2n) is 4.04. The standard InChI is InChI=1S/C11H12N4O5/c1-5(16)9(17)14-15-3-6-8(12-13-10(6)18)7(4-15)11(19)20-2/h3-5,16H,1-2H3,(H,13,18)(H,14,17). The predicted octanol–water partition coefficient (Wildman–Crippen LogP) is -1.09. The van der Waals surface area contributed by atoms with Crippen LogP contribution in [0, 0.1) is 0 Å². The largest absolute Gasteiger partial charge is 0.465 e. The maximum Gasteiger partial charge on any atom is 0.341 e. The maximum atomic E-state index is 11.7. The highest BCUT2D eigenvalue weighted by molar-refractivity contribution is 5.96. The lowest BCUT2D eigenvalue weighted by molar-refractivity contribution is -0.124. The normalized spacial score (nSPS) is 12.2. The first-order chi connectivity index (χ1) is 9.43. The Hall–Kier alpha value is -2.68. The number of nitrogens with one attached hydrogen (secondary N) is 2. The van der Waals surface area contributed by atoms with E-state index in [2.05, 4.69) is 20.4 Å². The first-order valence-corrected chi connectivity index (χ1v) is 5.61. The summed E-state index contributed by atoms with van der Waals surface area (Å²) in [6, 6.07) is 0. The lowest BCUT2D eigenvalue weighted by atomic mass is 10.1. The molecule has 2 aliphatic heterocycles. The summed E-state index contributed by atoms with van der Waals surface area (Å²) in [7, 11) is 1.19. The van der Waals surface area contributed by atoms with E-state index in [1.165, 1.54) is 26.4 Å². The molecule has 1 unspecified atom stereocenters. The third-order valence-corrected chi connectivity index (χ3v) is 2.58. The molecule has 1 amide bonds. The molecule has 0 aromatic carbocycles. The van der Waals surface area contributed by atoms with Crippen LogP contribution in [0.15, 0.2) is 17.2 Å². The molecule has 1 atom stereocenters. The highest BCUT2D eigenvalue weighted by Gasteiger charge is 2.22. The van der Waals surface area contributed by atoms with Gasteiger partial charge in [-0.1, -0.05) is 0 Å². The second kappa shape index (κ2) is 5.13. The van der Waals surface area contributed by atoms with Crippen LogP contribution in [0.3, 0.4) is 0 Å². The number of carbonyl (C=O) groups is 2. The van der Waals surface area contributed by atoms with Crippen molar-refractivity contribution in [3.63, 3.8) is 0 Å². The summed E-state index contributed by atoms with van der Waals surface area (Å²) in [5.41, 5.74) is 2.06. The van der Waals surface area contributed by atoms with E-state index in [1.807, 2.05) is 0 Å². The fourth-order valence-corrected chi connectivity index (χ4v) is 1.58. The summed E-state index contributed by atoms with van der Waals surface area (Å²) in [5, 5.41) is 15.1. The number of fused-ring (bicyclic) bond motifs is 1. The van der Waals surface area contributed by atoms with Crippen LogP contribution in [0.2, 0.25) is 0 Å². The molecular weight excluding hydrogens is 268 g/mol. The van der Waals surface area contributed by atoms with E-state index in [-0.39, 0.29) is 16.8 Å². The summed E-state index contributed by atoms with van der Waals surface area (Å²) in [6.45, 7) is 1.28. The third-order valence-electron chi connectivity index (χ3n) is 2.58. The summed E-state index contributed by atoms with van der Waals surface area (Å²) in [5.74, 6) is -1.40. The number of amides is 1. The van der Waals surface area contributed by atoms with Crippen molar-refractivity contribution in [3.05, 3.63) is 28.3 Å². The third kappa shape index (κ3) is 2.38. The number of aromatic amines is 1. The minimum absolute atomic E-state index is 0.00856. The number of H-pyrrole nitrogens is 1. The average Bonchev–Trinajstić information content (AvgIpc) is 2.79. The Morgan fingerprint density at radius 2 is 2.20 bits per heavy atom. The Bertz CT molecular complexity index is 687. The molecule has 3 N–H and O–H groups in total. The van der Waals surface area contributed by atoms with Crippen LogP contribution in [0.4, 0.5) is 0 Å². The number of methoxy groups -OCH3 is 1. The Morgan fingerprint density at radius 3 is 2.80 bits per heavy atom. The molecule has 0 saturated carbocycles. The van der Waals surface area contributed by atoms with Crippen LogP contribution < -0.4 is 11.0 Å². The number of pyridine rings is 1. The van der Waals surface area contributed by atoms with Crippen LogP contribution in [-0.4, -0.2) is 45.1 Å². The van der Waals surface area contributed by atoms with E-state index in [9.17, 15) is 14.4 Å². The topological polar surface area (TPSA) is 126 Å². The maximum absolute atomic E-state index is 11.7. The first-order valence-electron chi connectivity index (χ1n) is 5.61. The van der Waals surface area contributed by atoms with Crippen molar-refractivity contribution >= 4 is 11.9 Å². The molecular formula is C11H12N4O5. The number of aliphatic hydroxyl groups excluding tert-OH is 1. The van der Waals surface area contributed by atoms with Gasteiger partial charge in [0, 0.05) is 12.4 Å². The molecule has 106 valence electrons. The van der Waals surface area contributed by atoms with E-state index in [0.717, 1.165) is 4.68 Å². The summed E-state index contributed by atoms with van der Waals surface area (Å²) in [6.07, 6.45) is 1.29. The molecule has 9 nitrogen and oxygen atoms in total. The molecule has 9 heteroatoms. The quantitative estimate of drug-likeness (QED) is 0.613. The molecule has 2 aliphatic rings. The fraction of sp³-hybridized carbons (Fsp3) is 0.273. The van der Waals surface area contributed by atoms with Gasteiger partial charge in [-0.15, -0.1) is 0 Å². The lowest BCUT2D eigenvalue weighted by Crippen LogP contribution is -2.32. The average molecular weight is 280 g/mol. The van der Waals surface area contributed by atoms with E-state index in [0.29, 0.717) is 0 Å². The molecule has 0 saturated heterocycles. The van der Waals surface area contributed by atoms with E-state index >= 15 is 0 Å². The minimum atomic E-state index is -1.24. The fourth-order valence-electron chi connectivity index (χ4n) is 1.58. The number of hydrogen-bond donors (Lipinski definition) is 3. The molecule has 2 heterocycles. The number of ether oxygens (including phenoxy) is 1. The zero-order valence-corrected chi connectivity index (χ0v) is 10.7. The van der Waals surface area contributed by atoms with Gasteiger partial charge in [0.25, 0.3) is 11.5 Å². The number of nitrogens with zero attached hydrogens (tertiary/aromatic N) is 2. The van der Waals surface area contributed by atoms with E-state index < -0.39 is 23.5 Å². The van der Waals surface area contributed by atoms with Crippen molar-refractivity contribution in [3.8, 4) is 11.3 Å². The summed E-state index contributed by atoms with van der Waals surface area (Å²) in [4.78, 5) is 34.6. The second-order valence-corrected chi connectivity index (χ2v) is 4.04. The van der Waals surface area contributed by atoms with E-state index in [1.54, 1.807) is 0 Å². The molecule has 0 bridgehead atoms. The van der Waals surface area contributed by atoms with Gasteiger partial charge in [-0.05, 0) is 6.92 Å². The van der Waals surface area contributed by atoms with Gasteiger partial charge in [0.1, 0.15) is 17.4 Å². The van der Waals surface area contributed by atoms with E-state index in [4.69, 9.17) is 5.11 Å². The van der Waals surface area contributed by atoms with Gasteiger partial charge in [0.15, 0.2) is 0 Å². The van der Waals surface area contributed by atoms with Crippen molar-refractivity contribution in [2.45, 2.75) is 13.0 Å². The zero-order valence-electron chi connectivity index (χ0n) is 10.7. The van der Waals surface area contributed by atoms with Gasteiger partial charge in [-0.3, -0.25) is 19.7 Å². The Labute approximate surface area is 112 Å². The highest BCUT2D eigenvalue weighted by Crippen LogP contribution is 2.19. The van der Waals surface area contributed by atoms with Crippen LogP contribution in [0.5, 0.6) is 0 Å². The smallest absolute Gasteiger partial charge is 0.341 e. The molecule has 0 aromatic rings. The van der Waals surface area contributed by atoms with Gasteiger partial charge in [0.05, 0.1) is 12.7 Å². The monoisotopic (exact) mass is 280 g/mol. The molecule has 0 aliphatic carbocycles. The van der Waals surface area contributed by atoms with Crippen molar-refractivity contribution in [2.24, 2.45) is 0 Å². The molecule has 0 radical (unpaired) electrons. The Morgan fingerprint density at radius 1 is 1.50 bits per heavy atom. The molecule has 0 aromatic heterocycles. The van der Waals surface area contributed by atoms with Crippen molar-refractivity contribution in [1.29, 1.82) is 0 Å². The van der Waals surface area contributed by atoms with Crippen molar-refractivity contribution in [1.82, 2.24) is 14.9 Å². The SMILES string of the molecule is COC(=O)c1cn(NC(=O)C(C)O)cc2c(=O)[nH]nc1-2. The molecule has 0 spiro atoms. The number of aliphatic hydroxyl groups is 1. The lowest BCUT2D eigenvalue weighted by Gasteiger charge is -2.13. The number of esters is 1. The number of rotatable bonds is 3. The van der Waals surface area contributed by atoms with Gasteiger partial charge in [-0.2, -0.15) is 5.10 Å². The molecule has 20 heavy (non-hydrogen) atoms. The van der Waals surface area contributed by atoms with Crippen LogP contribution in [0.25, 0.3) is 11.3 Å². The summed E-state index contributed by atoms with van der Waals surface area (Å²) >= 11 is 0. The van der Waals surface area contributed by atoms with Crippen LogP contribution in [-0.2, 0) is 9.53 Å². The number of carbonyl (C=O) groups excluding carboxylic acids is 2. The van der Waals surface area contributed by atoms with Gasteiger partial charge < -0.3 is 9.84 Å². The minimum Gasteiger partial charge on any atom is -0.465 e. The Kier molecular flexibility index (Phi) is 3.53. The van der Waals surface area contributed by atoms with Crippen LogP contribution in [0.1, 0.15) is 17.3 Å². The van der Waals surface area contributed by atoms with Gasteiger partial charge >= 0.3 is 5.97 Å². The number of aromatic nitrogens is 3. The molecule has 2 rings (SSSR count). The zero-order chi connectivity index (χ0) is 14.9. The highest BCUT2D eigenvalue weighted by atomic mass is 16.5. The van der Waals surface area contributed by atoms with Crippen molar-refractivity contribution < 1.29 is 19.4 Å². The molecule has 0 fully saturated rings. The van der Waals surface area contributed by atoms with Crippen LogP contribution >= 0.6 is 0 Å². The first kappa shape index (κ1) is 13.7. The Balaban J connectivity index is 2.53. The van der Waals surface area contributed by atoms with Gasteiger partial charge in [-0.25, -0.2) is 9.89 Å².